The second-order valence-corrected chi connectivity index (χ2v) is 5.57. The first kappa shape index (κ1) is 12.3. The number of nitrogens with two attached hydrogens (primary N) is 1. The number of carbonyl (C=O) groups is 1. The number of carbonyl (C=O) groups excluding carboxylic acids is 1. The van der Waals surface area contributed by atoms with Crippen molar-refractivity contribution in [2.75, 3.05) is 29.0 Å². The van der Waals surface area contributed by atoms with Gasteiger partial charge in [-0.15, -0.1) is 0 Å². The Bertz CT molecular complexity index is 530. The summed E-state index contributed by atoms with van der Waals surface area (Å²) < 4.78 is 0. The Hall–Kier alpha value is -1.75. The van der Waals surface area contributed by atoms with E-state index in [1.165, 1.54) is 0 Å². The van der Waals surface area contributed by atoms with Crippen LogP contribution in [-0.4, -0.2) is 30.2 Å². The standard InChI is InChI=1S/C14H19N3O2/c1-8-2-3-17(7-13(8)18)12-6-11-9(4-10(12)15)5-14(19)16-11/h4,6,8,13,18H,2-3,5,7,15H2,1H3,(H,16,19). The summed E-state index contributed by atoms with van der Waals surface area (Å²) in [5.41, 5.74) is 9.48. The van der Waals surface area contributed by atoms with Crippen LogP contribution in [0.3, 0.4) is 0 Å². The first-order valence-corrected chi connectivity index (χ1v) is 6.70. The Morgan fingerprint density at radius 2 is 2.26 bits per heavy atom. The van der Waals surface area contributed by atoms with Gasteiger partial charge in [-0.3, -0.25) is 4.79 Å². The van der Waals surface area contributed by atoms with Gasteiger partial charge in [-0.2, -0.15) is 0 Å². The van der Waals surface area contributed by atoms with E-state index >= 15 is 0 Å². The van der Waals surface area contributed by atoms with E-state index < -0.39 is 0 Å². The highest BCUT2D eigenvalue weighted by Gasteiger charge is 2.27. The highest BCUT2D eigenvalue weighted by Crippen LogP contribution is 2.35. The Morgan fingerprint density at radius 1 is 1.47 bits per heavy atom. The molecular formula is C14H19N3O2. The minimum atomic E-state index is -0.323. The van der Waals surface area contributed by atoms with E-state index in [1.54, 1.807) is 0 Å². The van der Waals surface area contributed by atoms with Crippen molar-refractivity contribution in [2.24, 2.45) is 5.92 Å². The third-order valence-electron chi connectivity index (χ3n) is 4.14. The van der Waals surface area contributed by atoms with Gasteiger partial charge in [0.2, 0.25) is 5.91 Å². The van der Waals surface area contributed by atoms with Crippen LogP contribution in [0.15, 0.2) is 12.1 Å². The molecule has 1 aromatic carbocycles. The monoisotopic (exact) mass is 261 g/mol. The lowest BCUT2D eigenvalue weighted by molar-refractivity contribution is -0.115. The number of amides is 1. The average molecular weight is 261 g/mol. The largest absolute Gasteiger partial charge is 0.397 e. The van der Waals surface area contributed by atoms with Gasteiger partial charge in [-0.05, 0) is 30.0 Å². The number of hydrogen-bond acceptors (Lipinski definition) is 4. The molecule has 2 heterocycles. The predicted molar refractivity (Wildman–Crippen MR) is 75.2 cm³/mol. The zero-order valence-corrected chi connectivity index (χ0v) is 11.0. The van der Waals surface area contributed by atoms with Gasteiger partial charge in [0.15, 0.2) is 0 Å². The summed E-state index contributed by atoms with van der Waals surface area (Å²) in [6.45, 7) is 3.54. The van der Waals surface area contributed by atoms with Gasteiger partial charge in [0, 0.05) is 18.8 Å². The lowest BCUT2D eigenvalue weighted by Gasteiger charge is -2.36. The molecule has 2 unspecified atom stereocenters. The van der Waals surface area contributed by atoms with Crippen LogP contribution in [0.1, 0.15) is 18.9 Å². The molecule has 0 saturated carbocycles. The number of nitrogens with one attached hydrogen (secondary N) is 1. The number of rotatable bonds is 1. The molecule has 1 fully saturated rings. The number of nitrogens with zero attached hydrogens (tertiary/aromatic N) is 1. The predicted octanol–water partition coefficient (Wildman–Crippen LogP) is 0.970. The zero-order valence-electron chi connectivity index (χ0n) is 11.0. The Balaban J connectivity index is 1.89. The van der Waals surface area contributed by atoms with Crippen LogP contribution in [0.25, 0.3) is 0 Å². The van der Waals surface area contributed by atoms with Crippen LogP contribution >= 0.6 is 0 Å². The molecule has 5 heteroatoms. The number of β-amino-alcohol motifs (C(OH)–C–C–N with tert-alkyl or cyclic N) is 1. The molecule has 1 saturated heterocycles. The van der Waals surface area contributed by atoms with Crippen LogP contribution in [0, 0.1) is 5.92 Å². The smallest absolute Gasteiger partial charge is 0.228 e. The minimum absolute atomic E-state index is 0.0128. The number of nitrogen functional groups attached to an aromatic ring is 1. The number of hydrogen-bond donors (Lipinski definition) is 3. The lowest BCUT2D eigenvalue weighted by atomic mass is 9.95. The summed E-state index contributed by atoms with van der Waals surface area (Å²) in [6, 6.07) is 3.80. The molecule has 0 aliphatic carbocycles. The van der Waals surface area contributed by atoms with Crippen molar-refractivity contribution in [3.63, 3.8) is 0 Å². The molecule has 0 spiro atoms. The number of piperidine rings is 1. The molecule has 1 amide bonds. The number of fused-ring (bicyclic) bond motifs is 1. The lowest BCUT2D eigenvalue weighted by Crippen LogP contribution is -2.43. The van der Waals surface area contributed by atoms with E-state index in [1.807, 2.05) is 12.1 Å². The van der Waals surface area contributed by atoms with Crippen molar-refractivity contribution < 1.29 is 9.90 Å². The summed E-state index contributed by atoms with van der Waals surface area (Å²) in [5, 5.41) is 12.8. The highest BCUT2D eigenvalue weighted by atomic mass is 16.3. The molecule has 5 nitrogen and oxygen atoms in total. The van der Waals surface area contributed by atoms with Crippen molar-refractivity contribution in [1.29, 1.82) is 0 Å². The van der Waals surface area contributed by atoms with Gasteiger partial charge in [0.1, 0.15) is 0 Å². The van der Waals surface area contributed by atoms with Gasteiger partial charge in [-0.25, -0.2) is 0 Å². The molecule has 0 radical (unpaired) electrons. The van der Waals surface area contributed by atoms with E-state index in [2.05, 4.69) is 17.1 Å². The molecule has 4 N–H and O–H groups in total. The topological polar surface area (TPSA) is 78.6 Å². The highest BCUT2D eigenvalue weighted by molar-refractivity contribution is 6.00. The third kappa shape index (κ3) is 2.14. The number of aliphatic hydroxyl groups excluding tert-OH is 1. The second-order valence-electron chi connectivity index (χ2n) is 5.57. The summed E-state index contributed by atoms with van der Waals surface area (Å²) in [5.74, 6) is 0.338. The quantitative estimate of drug-likeness (QED) is 0.658. The van der Waals surface area contributed by atoms with Gasteiger partial charge in [0.25, 0.3) is 0 Å². The minimum Gasteiger partial charge on any atom is -0.397 e. The fourth-order valence-corrected chi connectivity index (χ4v) is 2.82. The molecule has 3 rings (SSSR count). The number of anilines is 3. The molecule has 1 aromatic rings. The van der Waals surface area contributed by atoms with Crippen LogP contribution in [-0.2, 0) is 11.2 Å². The number of benzene rings is 1. The van der Waals surface area contributed by atoms with E-state index in [4.69, 9.17) is 5.73 Å². The molecular weight excluding hydrogens is 242 g/mol. The van der Waals surface area contributed by atoms with Gasteiger partial charge in [-0.1, -0.05) is 6.92 Å². The van der Waals surface area contributed by atoms with Crippen LogP contribution in [0.5, 0.6) is 0 Å². The normalized spacial score (nSPS) is 26.2. The summed E-state index contributed by atoms with van der Waals surface area (Å²) in [6.07, 6.45) is 1.03. The SMILES string of the molecule is CC1CCN(c2cc3c(cc2N)CC(=O)N3)CC1O. The molecule has 0 bridgehead atoms. The summed E-state index contributed by atoms with van der Waals surface area (Å²) >= 11 is 0. The maximum Gasteiger partial charge on any atom is 0.228 e. The Morgan fingerprint density at radius 3 is 3.00 bits per heavy atom. The van der Waals surface area contributed by atoms with Gasteiger partial charge in [0.05, 0.1) is 23.9 Å². The molecule has 2 aliphatic rings. The van der Waals surface area contributed by atoms with E-state index in [-0.39, 0.29) is 12.0 Å². The fraction of sp³-hybridized carbons (Fsp3) is 0.500. The molecule has 2 atom stereocenters. The van der Waals surface area contributed by atoms with Crippen molar-refractivity contribution in [3.05, 3.63) is 17.7 Å². The maximum absolute atomic E-state index is 11.4. The van der Waals surface area contributed by atoms with E-state index in [0.717, 1.165) is 29.9 Å². The Labute approximate surface area is 112 Å². The third-order valence-corrected chi connectivity index (χ3v) is 4.14. The zero-order chi connectivity index (χ0) is 13.6. The molecule has 0 aromatic heterocycles. The Kier molecular flexibility index (Phi) is 2.86. The van der Waals surface area contributed by atoms with E-state index in [9.17, 15) is 9.90 Å². The first-order chi connectivity index (χ1) is 9.04. The van der Waals surface area contributed by atoms with Crippen molar-refractivity contribution in [3.8, 4) is 0 Å². The van der Waals surface area contributed by atoms with Gasteiger partial charge >= 0.3 is 0 Å². The summed E-state index contributed by atoms with van der Waals surface area (Å²) in [7, 11) is 0. The van der Waals surface area contributed by atoms with Crippen LogP contribution < -0.4 is 16.0 Å². The maximum atomic E-state index is 11.4. The molecule has 102 valence electrons. The average Bonchev–Trinajstić information content (AvgIpc) is 2.71. The summed E-state index contributed by atoms with van der Waals surface area (Å²) in [4.78, 5) is 13.5. The fourth-order valence-electron chi connectivity index (χ4n) is 2.82. The van der Waals surface area contributed by atoms with Crippen molar-refractivity contribution in [1.82, 2.24) is 0 Å². The first-order valence-electron chi connectivity index (χ1n) is 6.70. The van der Waals surface area contributed by atoms with Gasteiger partial charge < -0.3 is 21.1 Å². The van der Waals surface area contributed by atoms with Crippen LogP contribution in [0.2, 0.25) is 0 Å². The molecule has 2 aliphatic heterocycles. The van der Waals surface area contributed by atoms with E-state index in [0.29, 0.717) is 24.6 Å². The van der Waals surface area contributed by atoms with Crippen LogP contribution in [0.4, 0.5) is 17.1 Å². The molecule has 19 heavy (non-hydrogen) atoms. The number of aliphatic hydroxyl groups is 1. The van der Waals surface area contributed by atoms with Crippen molar-refractivity contribution in [2.45, 2.75) is 25.9 Å². The van der Waals surface area contributed by atoms with Crippen molar-refractivity contribution >= 4 is 23.0 Å². The second kappa shape index (κ2) is 4.42.